The number of rotatable bonds is 6. The van der Waals surface area contributed by atoms with Crippen molar-refractivity contribution in [2.45, 2.75) is 64.8 Å². The summed E-state index contributed by atoms with van der Waals surface area (Å²) in [5.74, 6) is -3.96. The van der Waals surface area contributed by atoms with Crippen molar-refractivity contribution in [3.8, 4) is 0 Å². The van der Waals surface area contributed by atoms with Crippen LogP contribution in [0.3, 0.4) is 0 Å². The molecule has 1 aliphatic carbocycles. The Hall–Kier alpha value is -2.69. The highest BCUT2D eigenvalue weighted by Crippen LogP contribution is 2.58. The maximum Gasteiger partial charge on any atom is 0.304 e. The molecule has 1 saturated carbocycles. The van der Waals surface area contributed by atoms with Crippen molar-refractivity contribution in [3.05, 3.63) is 0 Å². The largest absolute Gasteiger partial charge is 0.463 e. The number of nitrogens with one attached hydrogen (secondary N) is 1. The molecule has 2 fully saturated rings. The Labute approximate surface area is 160 Å². The summed E-state index contributed by atoms with van der Waals surface area (Å²) in [5, 5.41) is 2.61. The van der Waals surface area contributed by atoms with Crippen molar-refractivity contribution < 1.29 is 47.7 Å². The highest BCUT2D eigenvalue weighted by Gasteiger charge is 2.81. The van der Waals surface area contributed by atoms with E-state index in [0.29, 0.717) is 0 Å². The van der Waals surface area contributed by atoms with E-state index < -0.39 is 65.8 Å². The van der Waals surface area contributed by atoms with Crippen LogP contribution >= 0.6 is 0 Å². The topological polar surface area (TPSA) is 144 Å². The molecule has 11 heteroatoms. The lowest BCUT2D eigenvalue weighted by atomic mass is 10.00. The van der Waals surface area contributed by atoms with E-state index in [1.54, 1.807) is 0 Å². The van der Waals surface area contributed by atoms with E-state index in [-0.39, 0.29) is 6.61 Å². The molecule has 28 heavy (non-hydrogen) atoms. The van der Waals surface area contributed by atoms with Crippen LogP contribution in [0.25, 0.3) is 0 Å². The monoisotopic (exact) mass is 401 g/mol. The summed E-state index contributed by atoms with van der Waals surface area (Å²) in [4.78, 5) is 57.8. The van der Waals surface area contributed by atoms with E-state index in [2.05, 4.69) is 5.32 Å². The summed E-state index contributed by atoms with van der Waals surface area (Å²) in [7, 11) is 0. The molecule has 0 spiro atoms. The smallest absolute Gasteiger partial charge is 0.304 e. The molecule has 1 aliphatic heterocycles. The van der Waals surface area contributed by atoms with E-state index >= 15 is 0 Å². The third-order valence-corrected chi connectivity index (χ3v) is 4.35. The summed E-state index contributed by atoms with van der Waals surface area (Å²) < 4.78 is 26.6. The third-order valence-electron chi connectivity index (χ3n) is 4.35. The van der Waals surface area contributed by atoms with Gasteiger partial charge in [0.1, 0.15) is 12.7 Å². The minimum Gasteiger partial charge on any atom is -0.463 e. The Balaban J connectivity index is 2.47. The second-order valence-corrected chi connectivity index (χ2v) is 6.64. The lowest BCUT2D eigenvalue weighted by Crippen LogP contribution is -2.57. The van der Waals surface area contributed by atoms with Crippen molar-refractivity contribution >= 4 is 29.8 Å². The molecule has 2 aliphatic rings. The molecule has 1 amide bonds. The van der Waals surface area contributed by atoms with E-state index in [1.807, 2.05) is 0 Å². The van der Waals surface area contributed by atoms with Gasteiger partial charge in [0, 0.05) is 34.6 Å². The van der Waals surface area contributed by atoms with Gasteiger partial charge in [-0.05, 0) is 0 Å². The molecular formula is C17H23NO10. The van der Waals surface area contributed by atoms with Gasteiger partial charge in [-0.25, -0.2) is 0 Å². The molecule has 1 N–H and O–H groups in total. The van der Waals surface area contributed by atoms with Gasteiger partial charge < -0.3 is 29.0 Å². The van der Waals surface area contributed by atoms with E-state index in [4.69, 9.17) is 23.7 Å². The number of amides is 1. The molecule has 11 nitrogen and oxygen atoms in total. The molecule has 6 atom stereocenters. The average molecular weight is 401 g/mol. The van der Waals surface area contributed by atoms with Crippen LogP contribution in [0.15, 0.2) is 0 Å². The number of carbonyl (C=O) groups is 5. The van der Waals surface area contributed by atoms with Crippen molar-refractivity contribution in [2.24, 2.45) is 5.92 Å². The van der Waals surface area contributed by atoms with Crippen LogP contribution in [0, 0.1) is 5.92 Å². The number of carbonyl (C=O) groups excluding carboxylic acids is 5. The SMILES string of the molecule is CC(=O)NC1C2C(OC(C)=O)OC(COC(C)=O)C(OC(C)=O)C12OC(C)=O. The minimum atomic E-state index is -1.54. The number of hydrogen-bond donors (Lipinski definition) is 1. The maximum absolute atomic E-state index is 11.8. The van der Waals surface area contributed by atoms with E-state index in [1.165, 1.54) is 13.8 Å². The fourth-order valence-corrected chi connectivity index (χ4v) is 3.56. The van der Waals surface area contributed by atoms with E-state index in [9.17, 15) is 24.0 Å². The Kier molecular flexibility index (Phi) is 6.27. The highest BCUT2D eigenvalue weighted by molar-refractivity contribution is 5.75. The van der Waals surface area contributed by atoms with Crippen molar-refractivity contribution in [1.82, 2.24) is 5.32 Å². The Morgan fingerprint density at radius 2 is 1.50 bits per heavy atom. The van der Waals surface area contributed by atoms with Crippen molar-refractivity contribution in [1.29, 1.82) is 0 Å². The van der Waals surface area contributed by atoms with Crippen LogP contribution in [0.1, 0.15) is 34.6 Å². The first-order valence-corrected chi connectivity index (χ1v) is 8.59. The van der Waals surface area contributed by atoms with Gasteiger partial charge in [-0.2, -0.15) is 0 Å². The lowest BCUT2D eigenvalue weighted by molar-refractivity contribution is -0.263. The van der Waals surface area contributed by atoms with Gasteiger partial charge >= 0.3 is 23.9 Å². The fourth-order valence-electron chi connectivity index (χ4n) is 3.56. The molecule has 0 aromatic rings. The van der Waals surface area contributed by atoms with Gasteiger partial charge in [-0.1, -0.05) is 0 Å². The first-order valence-electron chi connectivity index (χ1n) is 8.59. The van der Waals surface area contributed by atoms with Gasteiger partial charge in [0.25, 0.3) is 0 Å². The average Bonchev–Trinajstić information content (AvgIpc) is 3.13. The molecule has 1 heterocycles. The summed E-state index contributed by atoms with van der Waals surface area (Å²) in [6, 6.07) is -0.843. The number of fused-ring (bicyclic) bond motifs is 1. The van der Waals surface area contributed by atoms with E-state index in [0.717, 1.165) is 20.8 Å². The maximum atomic E-state index is 11.8. The van der Waals surface area contributed by atoms with Gasteiger partial charge in [0.15, 0.2) is 11.7 Å². The fraction of sp³-hybridized carbons (Fsp3) is 0.706. The summed E-state index contributed by atoms with van der Waals surface area (Å²) in [6.07, 6.45) is -3.53. The second kappa shape index (κ2) is 8.13. The zero-order valence-corrected chi connectivity index (χ0v) is 16.2. The molecule has 0 radical (unpaired) electrons. The van der Waals surface area contributed by atoms with Crippen LogP contribution < -0.4 is 5.32 Å². The quantitative estimate of drug-likeness (QED) is 0.444. The predicted octanol–water partition coefficient (Wildman–Crippen LogP) is -0.794. The molecule has 6 unspecified atom stereocenters. The van der Waals surface area contributed by atoms with Crippen LogP contribution in [0.2, 0.25) is 0 Å². The summed E-state index contributed by atoms with van der Waals surface area (Å²) >= 11 is 0. The lowest BCUT2D eigenvalue weighted by Gasteiger charge is -2.39. The van der Waals surface area contributed by atoms with Crippen molar-refractivity contribution in [3.63, 3.8) is 0 Å². The zero-order chi connectivity index (χ0) is 21.2. The van der Waals surface area contributed by atoms with Gasteiger partial charge in [-0.15, -0.1) is 0 Å². The standard InChI is InChI=1S/C17H23NO10/c1-7(19)18-14-13-16(26-10(4)22)27-12(6-24-8(2)20)15(25-9(3)21)17(13,14)28-11(5)23/h12-16H,6H2,1-5H3,(H,18,19). The third kappa shape index (κ3) is 4.41. The molecule has 0 bridgehead atoms. The van der Waals surface area contributed by atoms with Crippen LogP contribution in [0.5, 0.6) is 0 Å². The highest BCUT2D eigenvalue weighted by atomic mass is 16.7. The molecule has 1 saturated heterocycles. The molecule has 156 valence electrons. The molecule has 0 aromatic heterocycles. The number of esters is 4. The minimum absolute atomic E-state index is 0.354. The molecule has 0 aromatic carbocycles. The van der Waals surface area contributed by atoms with Gasteiger partial charge in [0.2, 0.25) is 12.2 Å². The first kappa shape index (κ1) is 21.6. The Morgan fingerprint density at radius 3 is 1.96 bits per heavy atom. The molecule has 2 rings (SSSR count). The predicted molar refractivity (Wildman–Crippen MR) is 88.2 cm³/mol. The number of ether oxygens (including phenoxy) is 5. The second-order valence-electron chi connectivity index (χ2n) is 6.64. The van der Waals surface area contributed by atoms with Crippen LogP contribution in [-0.2, 0) is 47.7 Å². The molecular weight excluding hydrogens is 378 g/mol. The Bertz CT molecular complexity index is 691. The first-order chi connectivity index (χ1) is 13.0. The van der Waals surface area contributed by atoms with Crippen LogP contribution in [-0.4, -0.2) is 66.5 Å². The normalized spacial score (nSPS) is 33.0. The van der Waals surface area contributed by atoms with Crippen LogP contribution in [0.4, 0.5) is 0 Å². The zero-order valence-electron chi connectivity index (χ0n) is 16.2. The summed E-state index contributed by atoms with van der Waals surface area (Å²) in [6.45, 7) is 5.53. The Morgan fingerprint density at radius 1 is 0.893 bits per heavy atom. The van der Waals surface area contributed by atoms with Gasteiger partial charge in [0.05, 0.1) is 12.0 Å². The van der Waals surface area contributed by atoms with Crippen molar-refractivity contribution in [2.75, 3.05) is 6.61 Å². The van der Waals surface area contributed by atoms with Gasteiger partial charge in [-0.3, -0.25) is 24.0 Å². The number of hydrogen-bond acceptors (Lipinski definition) is 10. The summed E-state index contributed by atoms with van der Waals surface area (Å²) in [5.41, 5.74) is -1.54.